The Balaban J connectivity index is 3.25. The Morgan fingerprint density at radius 3 is 2.31 bits per heavy atom. The van der Waals surface area contributed by atoms with Crippen molar-refractivity contribution < 1.29 is 13.2 Å². The van der Waals surface area contributed by atoms with Crippen LogP contribution in [0.1, 0.15) is 33.1 Å². The van der Waals surface area contributed by atoms with Gasteiger partial charge in [-0.3, -0.25) is 0 Å². The summed E-state index contributed by atoms with van der Waals surface area (Å²) in [4.78, 5) is 0. The number of alkyl halides is 3. The summed E-state index contributed by atoms with van der Waals surface area (Å²) < 4.78 is 35.0. The van der Waals surface area contributed by atoms with E-state index in [1.807, 2.05) is 0 Å². The topological polar surface area (TPSA) is 12.0 Å². The highest BCUT2D eigenvalue weighted by Gasteiger charge is 2.25. The van der Waals surface area contributed by atoms with Crippen molar-refractivity contribution in [3.8, 4) is 0 Å². The van der Waals surface area contributed by atoms with Crippen molar-refractivity contribution in [2.45, 2.75) is 39.3 Å². The van der Waals surface area contributed by atoms with E-state index in [0.29, 0.717) is 12.5 Å². The molecule has 0 aromatic rings. The zero-order valence-electron chi connectivity index (χ0n) is 8.25. The summed E-state index contributed by atoms with van der Waals surface area (Å²) in [6, 6.07) is 0. The first kappa shape index (κ1) is 12.8. The standard InChI is InChI=1S/C9H18F3N/c1-3-4-8(2)5-6-13-7-9(10,11)12/h8,13H,3-7H2,1-2H3. The minimum absolute atomic E-state index is 0.459. The average Bonchev–Trinajstić information content (AvgIpc) is 1.97. The van der Waals surface area contributed by atoms with E-state index in [1.165, 1.54) is 0 Å². The Morgan fingerprint density at radius 2 is 1.85 bits per heavy atom. The van der Waals surface area contributed by atoms with Crippen LogP contribution in [0.25, 0.3) is 0 Å². The van der Waals surface area contributed by atoms with Crippen LogP contribution in [0.3, 0.4) is 0 Å². The molecule has 0 aliphatic carbocycles. The van der Waals surface area contributed by atoms with Gasteiger partial charge in [-0.25, -0.2) is 0 Å². The molecule has 0 aliphatic heterocycles. The summed E-state index contributed by atoms with van der Waals surface area (Å²) in [6.45, 7) is 3.74. The second-order valence-corrected chi connectivity index (χ2v) is 3.47. The van der Waals surface area contributed by atoms with Crippen LogP contribution in [0.2, 0.25) is 0 Å². The minimum Gasteiger partial charge on any atom is -0.309 e. The Kier molecular flexibility index (Phi) is 6.12. The Labute approximate surface area is 77.7 Å². The normalized spacial score (nSPS) is 14.5. The smallest absolute Gasteiger partial charge is 0.309 e. The maximum Gasteiger partial charge on any atom is 0.401 e. The molecule has 0 fully saturated rings. The third-order valence-corrected chi connectivity index (χ3v) is 1.92. The van der Waals surface area contributed by atoms with Crippen molar-refractivity contribution in [1.82, 2.24) is 5.32 Å². The van der Waals surface area contributed by atoms with Crippen molar-refractivity contribution in [3.63, 3.8) is 0 Å². The van der Waals surface area contributed by atoms with Crippen LogP contribution in [-0.2, 0) is 0 Å². The molecule has 0 bridgehead atoms. The first-order valence-electron chi connectivity index (χ1n) is 4.73. The van der Waals surface area contributed by atoms with Gasteiger partial charge < -0.3 is 5.32 Å². The molecular weight excluding hydrogens is 179 g/mol. The molecule has 1 N–H and O–H groups in total. The monoisotopic (exact) mass is 197 g/mol. The maximum absolute atomic E-state index is 11.7. The number of hydrogen-bond acceptors (Lipinski definition) is 1. The fourth-order valence-corrected chi connectivity index (χ4v) is 1.22. The molecule has 1 atom stereocenters. The molecule has 0 heterocycles. The Hall–Kier alpha value is -0.250. The molecular formula is C9H18F3N. The fraction of sp³-hybridized carbons (Fsp3) is 1.00. The van der Waals surface area contributed by atoms with Crippen LogP contribution in [-0.4, -0.2) is 19.3 Å². The fourth-order valence-electron chi connectivity index (χ4n) is 1.22. The second kappa shape index (κ2) is 6.24. The third kappa shape index (κ3) is 9.67. The largest absolute Gasteiger partial charge is 0.401 e. The van der Waals surface area contributed by atoms with Gasteiger partial charge in [-0.15, -0.1) is 0 Å². The highest BCUT2D eigenvalue weighted by Crippen LogP contribution is 2.13. The van der Waals surface area contributed by atoms with Crippen molar-refractivity contribution in [2.24, 2.45) is 5.92 Å². The molecule has 1 unspecified atom stereocenters. The molecule has 4 heteroatoms. The van der Waals surface area contributed by atoms with Crippen LogP contribution in [0, 0.1) is 5.92 Å². The highest BCUT2D eigenvalue weighted by molar-refractivity contribution is 4.58. The van der Waals surface area contributed by atoms with Gasteiger partial charge in [0.2, 0.25) is 0 Å². The molecule has 0 spiro atoms. The zero-order valence-corrected chi connectivity index (χ0v) is 8.25. The molecule has 0 amide bonds. The van der Waals surface area contributed by atoms with Gasteiger partial charge in [-0.2, -0.15) is 13.2 Å². The Bertz CT molecular complexity index is 123. The summed E-state index contributed by atoms with van der Waals surface area (Å²) >= 11 is 0. The molecule has 0 aliphatic rings. The third-order valence-electron chi connectivity index (χ3n) is 1.92. The van der Waals surface area contributed by atoms with E-state index in [-0.39, 0.29) is 0 Å². The summed E-state index contributed by atoms with van der Waals surface area (Å²) in [5.41, 5.74) is 0. The summed E-state index contributed by atoms with van der Waals surface area (Å²) in [5, 5.41) is 2.39. The van der Waals surface area contributed by atoms with Crippen LogP contribution in [0.5, 0.6) is 0 Å². The van der Waals surface area contributed by atoms with Gasteiger partial charge in [0.1, 0.15) is 0 Å². The van der Waals surface area contributed by atoms with Gasteiger partial charge in [0, 0.05) is 0 Å². The lowest BCUT2D eigenvalue weighted by molar-refractivity contribution is -0.124. The van der Waals surface area contributed by atoms with Gasteiger partial charge in [0.05, 0.1) is 6.54 Å². The predicted molar refractivity (Wildman–Crippen MR) is 47.6 cm³/mol. The van der Waals surface area contributed by atoms with Gasteiger partial charge in [-0.1, -0.05) is 26.7 Å². The SMILES string of the molecule is CCCC(C)CCNCC(F)(F)F. The second-order valence-electron chi connectivity index (χ2n) is 3.47. The van der Waals surface area contributed by atoms with Crippen molar-refractivity contribution in [1.29, 1.82) is 0 Å². The van der Waals surface area contributed by atoms with Crippen molar-refractivity contribution in [2.75, 3.05) is 13.1 Å². The van der Waals surface area contributed by atoms with Crippen molar-refractivity contribution in [3.05, 3.63) is 0 Å². The van der Waals surface area contributed by atoms with E-state index in [2.05, 4.69) is 19.2 Å². The van der Waals surface area contributed by atoms with Gasteiger partial charge >= 0.3 is 6.18 Å². The van der Waals surface area contributed by atoms with E-state index >= 15 is 0 Å². The maximum atomic E-state index is 11.7. The van der Waals surface area contributed by atoms with Gasteiger partial charge in [0.25, 0.3) is 0 Å². The number of halogens is 3. The summed E-state index contributed by atoms with van der Waals surface area (Å²) in [7, 11) is 0. The lowest BCUT2D eigenvalue weighted by Gasteiger charge is -2.11. The minimum atomic E-state index is -4.08. The first-order chi connectivity index (χ1) is 5.95. The number of hydrogen-bond donors (Lipinski definition) is 1. The molecule has 0 radical (unpaired) electrons. The molecule has 13 heavy (non-hydrogen) atoms. The lowest BCUT2D eigenvalue weighted by Crippen LogP contribution is -2.30. The highest BCUT2D eigenvalue weighted by atomic mass is 19.4. The molecule has 0 rings (SSSR count). The van der Waals surface area contributed by atoms with Crippen LogP contribution in [0.15, 0.2) is 0 Å². The van der Waals surface area contributed by atoms with Gasteiger partial charge in [0.15, 0.2) is 0 Å². The van der Waals surface area contributed by atoms with E-state index in [9.17, 15) is 13.2 Å². The Morgan fingerprint density at radius 1 is 1.23 bits per heavy atom. The number of rotatable bonds is 6. The van der Waals surface area contributed by atoms with E-state index in [1.54, 1.807) is 0 Å². The molecule has 0 aromatic heterocycles. The summed E-state index contributed by atoms with van der Waals surface area (Å²) in [5.74, 6) is 0.519. The average molecular weight is 197 g/mol. The lowest BCUT2D eigenvalue weighted by atomic mass is 10.0. The number of nitrogens with one attached hydrogen (secondary N) is 1. The zero-order chi connectivity index (χ0) is 10.3. The van der Waals surface area contributed by atoms with Crippen LogP contribution >= 0.6 is 0 Å². The predicted octanol–water partition coefficient (Wildman–Crippen LogP) is 2.96. The van der Waals surface area contributed by atoms with Crippen LogP contribution in [0.4, 0.5) is 13.2 Å². The summed E-state index contributed by atoms with van der Waals surface area (Å²) in [6.07, 6.45) is -1.06. The van der Waals surface area contributed by atoms with E-state index < -0.39 is 12.7 Å². The molecule has 80 valence electrons. The van der Waals surface area contributed by atoms with Crippen LogP contribution < -0.4 is 5.32 Å². The van der Waals surface area contributed by atoms with Gasteiger partial charge in [-0.05, 0) is 18.9 Å². The first-order valence-corrected chi connectivity index (χ1v) is 4.73. The van der Waals surface area contributed by atoms with Crippen molar-refractivity contribution >= 4 is 0 Å². The molecule has 0 saturated heterocycles. The molecule has 0 saturated carbocycles. The van der Waals surface area contributed by atoms with E-state index in [4.69, 9.17) is 0 Å². The molecule has 1 nitrogen and oxygen atoms in total. The molecule has 0 aromatic carbocycles. The quantitative estimate of drug-likeness (QED) is 0.645. The van der Waals surface area contributed by atoms with E-state index in [0.717, 1.165) is 19.3 Å².